The van der Waals surface area contributed by atoms with Crippen LogP contribution in [0.3, 0.4) is 0 Å². The molecule has 0 fully saturated rings. The monoisotopic (exact) mass is 370 g/mol. The molecule has 19 heteroatoms. The fourth-order valence-corrected chi connectivity index (χ4v) is 0.612. The minimum absolute atomic E-state index is 0. The van der Waals surface area contributed by atoms with Crippen molar-refractivity contribution < 1.29 is 113 Å². The Morgan fingerprint density at radius 2 is 0.895 bits per heavy atom. The smallest absolute Gasteiger partial charge is 0.724 e. The molecule has 0 aromatic carbocycles. The first-order chi connectivity index (χ1) is 6.21. The molecule has 19 heavy (non-hydrogen) atoms. The second-order valence-electron chi connectivity index (χ2n) is 1.47. The molecule has 14 nitrogen and oxygen atoms in total. The third-order valence-electron chi connectivity index (χ3n) is 0.194. The van der Waals surface area contributed by atoms with E-state index in [-0.39, 0.29) is 71.4 Å². The van der Waals surface area contributed by atoms with E-state index in [0.29, 0.717) is 0 Å². The first-order valence-electron chi connectivity index (χ1n) is 2.28. The number of rotatable bonds is 3. The van der Waals surface area contributed by atoms with Gasteiger partial charge in [0.1, 0.15) is 0 Å². The van der Waals surface area contributed by atoms with Gasteiger partial charge >= 0.3 is 66.9 Å². The van der Waals surface area contributed by atoms with E-state index in [0.717, 1.165) is 0 Å². The van der Waals surface area contributed by atoms with Crippen molar-refractivity contribution in [3.63, 3.8) is 0 Å². The molecule has 0 rings (SSSR count). The van der Waals surface area contributed by atoms with E-state index in [1.807, 2.05) is 0 Å². The molecule has 0 amide bonds. The van der Waals surface area contributed by atoms with Gasteiger partial charge in [0, 0.05) is 0 Å². The predicted octanol–water partition coefficient (Wildman–Crippen LogP) is -8.74. The molecule has 110 valence electrons. The van der Waals surface area contributed by atoms with Crippen LogP contribution in [0.4, 0.5) is 0 Å². The molecule has 0 saturated heterocycles. The fourth-order valence-electron chi connectivity index (χ4n) is 0.0680. The van der Waals surface area contributed by atoms with Crippen molar-refractivity contribution in [2.45, 2.75) is 0 Å². The second kappa shape index (κ2) is 14.7. The summed E-state index contributed by atoms with van der Waals surface area (Å²) < 4.78 is 70.3. The summed E-state index contributed by atoms with van der Waals surface area (Å²) >= 11 is 0. The van der Waals surface area contributed by atoms with Crippen molar-refractivity contribution in [2.24, 2.45) is 0 Å². The summed E-state index contributed by atoms with van der Waals surface area (Å²) in [5, 5.41) is 0. The summed E-state index contributed by atoms with van der Waals surface area (Å²) in [4.78, 5) is 21.6. The molecule has 0 bridgehead atoms. The second-order valence-corrected chi connectivity index (χ2v) is 4.40. The average molecular weight is 370 g/mol. The zero-order valence-corrected chi connectivity index (χ0v) is 16.2. The predicted molar refractivity (Wildman–Crippen MR) is 45.9 cm³/mol. The third kappa shape index (κ3) is 81.2. The van der Waals surface area contributed by atoms with Crippen molar-refractivity contribution in [3.8, 4) is 0 Å². The van der Waals surface area contributed by atoms with Gasteiger partial charge in [0.05, 0.1) is 0 Å². The van der Waals surface area contributed by atoms with Gasteiger partial charge in [-0.1, -0.05) is 0 Å². The van der Waals surface area contributed by atoms with Crippen LogP contribution in [0.15, 0.2) is 0 Å². The Hall–Kier alpha value is 1.77. The molecule has 0 aliphatic rings. The van der Waals surface area contributed by atoms with Crippen LogP contribution in [0.25, 0.3) is 0 Å². The van der Waals surface area contributed by atoms with Crippen LogP contribution in [0, 0.1) is 0 Å². The molecule has 0 heterocycles. The largest absolute Gasteiger partial charge is 1.00 e. The number of hydrogen-bond acceptors (Lipinski definition) is 11. The minimum Gasteiger partial charge on any atom is -0.724 e. The van der Waals surface area contributed by atoms with Crippen LogP contribution in [0.2, 0.25) is 0 Å². The summed E-state index contributed by atoms with van der Waals surface area (Å²) in [6.07, 6.45) is 0. The van der Waals surface area contributed by atoms with E-state index < -0.39 is 28.6 Å². The van der Waals surface area contributed by atoms with E-state index in [1.54, 1.807) is 0 Å². The molecular formula is H9N2Na2O12PS2. The first kappa shape index (κ1) is 37.2. The van der Waals surface area contributed by atoms with Crippen molar-refractivity contribution >= 4 is 28.6 Å². The zero-order valence-electron chi connectivity index (χ0n) is 9.69. The van der Waals surface area contributed by atoms with E-state index >= 15 is 0 Å². The molecule has 0 aliphatic heterocycles. The van der Waals surface area contributed by atoms with Crippen molar-refractivity contribution in [1.82, 2.24) is 12.3 Å². The standard InChI is InChI=1S/2H3N.2Na.H2O8S2.H3O4P/c;;;;1-9(2,3)7-8-10(4,5)6;1-5(2,3)4/h2*1H3;;;(H,1,2,3)(H,4,5,6);(H3,1,2,3,4)/q;;2*+1;;/p-2. The van der Waals surface area contributed by atoms with E-state index in [4.69, 9.17) is 19.2 Å². The molecule has 9 N–H and O–H groups in total. The van der Waals surface area contributed by atoms with E-state index in [1.165, 1.54) is 0 Å². The Bertz CT molecular complexity index is 380. The Morgan fingerprint density at radius 3 is 0.947 bits per heavy atom. The SMILES string of the molecule is N.N.O=P(O)(O)O.O=S(=O)([O-])OOS(=O)(=O)[O-].[Na+].[Na+]. The van der Waals surface area contributed by atoms with Gasteiger partial charge in [-0.05, 0) is 0 Å². The molecule has 0 radical (unpaired) electrons. The van der Waals surface area contributed by atoms with Gasteiger partial charge in [0.15, 0.2) is 0 Å². The van der Waals surface area contributed by atoms with Crippen LogP contribution >= 0.6 is 7.82 Å². The number of hydrogen-bond donors (Lipinski definition) is 5. The summed E-state index contributed by atoms with van der Waals surface area (Å²) in [6.45, 7) is 0. The first-order valence-corrected chi connectivity index (χ1v) is 6.51. The van der Waals surface area contributed by atoms with Crippen LogP contribution in [0.5, 0.6) is 0 Å². The van der Waals surface area contributed by atoms with Gasteiger partial charge in [0.2, 0.25) is 20.8 Å². The van der Waals surface area contributed by atoms with Gasteiger partial charge in [-0.15, -0.1) is 8.67 Å². The Balaban J connectivity index is -0.0000000418. The van der Waals surface area contributed by atoms with Crippen LogP contribution in [-0.2, 0) is 34.0 Å². The maximum absolute atomic E-state index is 9.37. The summed E-state index contributed by atoms with van der Waals surface area (Å²) in [5.41, 5.74) is 0. The molecule has 0 spiro atoms. The van der Waals surface area contributed by atoms with E-state index in [9.17, 15) is 25.9 Å². The van der Waals surface area contributed by atoms with Crippen LogP contribution < -0.4 is 71.4 Å². The fraction of sp³-hybridized carbons (Fsp3) is 0. The average Bonchev–Trinajstić information content (AvgIpc) is 1.76. The summed E-state index contributed by atoms with van der Waals surface area (Å²) in [7, 11) is -15.3. The summed E-state index contributed by atoms with van der Waals surface area (Å²) in [5.74, 6) is 0. The van der Waals surface area contributed by atoms with Crippen molar-refractivity contribution in [3.05, 3.63) is 0 Å². The molecule has 0 aromatic heterocycles. The molecule has 0 aliphatic carbocycles. The van der Waals surface area contributed by atoms with E-state index in [2.05, 4.69) is 8.67 Å². The summed E-state index contributed by atoms with van der Waals surface area (Å²) in [6, 6.07) is 0. The maximum Gasteiger partial charge on any atom is 1.00 e. The molecular weight excluding hydrogens is 361 g/mol. The minimum atomic E-state index is -5.31. The zero-order chi connectivity index (χ0) is 12.9. The normalized spacial score (nSPS) is 10.2. The quantitative estimate of drug-likeness (QED) is 0.0770. The topological polar surface area (TPSA) is 281 Å². The van der Waals surface area contributed by atoms with Crippen molar-refractivity contribution in [2.75, 3.05) is 0 Å². The Labute approximate surface area is 152 Å². The molecule has 0 atom stereocenters. The molecule has 0 saturated carbocycles. The van der Waals surface area contributed by atoms with Crippen LogP contribution in [-0.4, -0.2) is 40.6 Å². The van der Waals surface area contributed by atoms with Gasteiger partial charge in [-0.2, -0.15) is 0 Å². The van der Waals surface area contributed by atoms with Gasteiger partial charge in [0.25, 0.3) is 0 Å². The number of phosphoric acid groups is 1. The van der Waals surface area contributed by atoms with Gasteiger partial charge < -0.3 is 36.1 Å². The maximum atomic E-state index is 9.37. The molecule has 0 aromatic rings. The molecule has 0 unspecified atom stereocenters. The Kier molecular flexibility index (Phi) is 28.8. The Morgan fingerprint density at radius 1 is 0.789 bits per heavy atom. The van der Waals surface area contributed by atoms with Crippen molar-refractivity contribution in [1.29, 1.82) is 0 Å². The third-order valence-corrected chi connectivity index (χ3v) is 0.750. The van der Waals surface area contributed by atoms with Crippen LogP contribution in [0.1, 0.15) is 0 Å². The van der Waals surface area contributed by atoms with Gasteiger partial charge in [-0.3, -0.25) is 0 Å². The van der Waals surface area contributed by atoms with Gasteiger partial charge in [-0.25, -0.2) is 21.4 Å².